The second-order valence-electron chi connectivity index (χ2n) is 10.3. The van der Waals surface area contributed by atoms with Crippen molar-refractivity contribution in [3.05, 3.63) is 125 Å². The van der Waals surface area contributed by atoms with Crippen LogP contribution in [-0.2, 0) is 27.4 Å². The van der Waals surface area contributed by atoms with Crippen molar-refractivity contribution < 1.29 is 24.2 Å². The van der Waals surface area contributed by atoms with E-state index >= 15 is 0 Å². The molecule has 8 nitrogen and oxygen atoms in total. The lowest BCUT2D eigenvalue weighted by Crippen LogP contribution is -2.31. The van der Waals surface area contributed by atoms with E-state index in [0.717, 1.165) is 32.8 Å². The summed E-state index contributed by atoms with van der Waals surface area (Å²) in [6.45, 7) is 1.89. The van der Waals surface area contributed by atoms with Crippen LogP contribution in [0.5, 0.6) is 0 Å². The Hall–Kier alpha value is -4.15. The largest absolute Gasteiger partial charge is 0.392 e. The lowest BCUT2D eigenvalue weighted by atomic mass is 10.0. The molecule has 1 fully saturated rings. The Morgan fingerprint density at radius 2 is 1.58 bits per heavy atom. The van der Waals surface area contributed by atoms with Gasteiger partial charge in [-0.15, -0.1) is 11.8 Å². The normalized spacial score (nSPS) is 18.0. The minimum atomic E-state index is -0.641. The van der Waals surface area contributed by atoms with Crippen LogP contribution in [0, 0.1) is 0 Å². The van der Waals surface area contributed by atoms with Crippen molar-refractivity contribution in [2.45, 2.75) is 49.9 Å². The Bertz CT molecular complexity index is 1500. The highest BCUT2D eigenvalue weighted by Crippen LogP contribution is 2.40. The lowest BCUT2D eigenvalue weighted by Gasteiger charge is -2.36. The van der Waals surface area contributed by atoms with Gasteiger partial charge in [-0.05, 0) is 53.1 Å². The summed E-state index contributed by atoms with van der Waals surface area (Å²) in [5.41, 5.74) is 5.05. The van der Waals surface area contributed by atoms with E-state index in [1.807, 2.05) is 103 Å². The van der Waals surface area contributed by atoms with Gasteiger partial charge in [0.25, 0.3) is 0 Å². The van der Waals surface area contributed by atoms with E-state index in [0.29, 0.717) is 24.4 Å². The van der Waals surface area contributed by atoms with Gasteiger partial charge in [0.15, 0.2) is 6.29 Å². The van der Waals surface area contributed by atoms with Crippen molar-refractivity contribution in [1.29, 1.82) is 0 Å². The monoisotopic (exact) mass is 597 g/mol. The highest BCUT2D eigenvalue weighted by atomic mass is 32.2. The average Bonchev–Trinajstić information content (AvgIpc) is 3.04. The van der Waals surface area contributed by atoms with Gasteiger partial charge in [0, 0.05) is 47.5 Å². The average molecular weight is 598 g/mol. The van der Waals surface area contributed by atoms with Crippen LogP contribution in [0.3, 0.4) is 0 Å². The molecule has 0 aliphatic carbocycles. The standard InChI is InChI=1S/C34H35N3O5S/c1-23(39)36-28-14-16-31(17-15-28)43-22-30-19-32(26-12-10-25(21-38)11-13-26)42-33(41-30)27-8-5-9-29(18-27)37-34(40)35-20-24-6-3-2-4-7-24/h2-18,30,32-33,38H,19-22H2,1H3,(H,36,39)(H2,35,37,40)/t30-,32+,33+/m1/s1. The molecule has 3 atom stereocenters. The van der Waals surface area contributed by atoms with Gasteiger partial charge in [0.1, 0.15) is 0 Å². The zero-order chi connectivity index (χ0) is 30.0. The Kier molecular flexibility index (Phi) is 10.5. The van der Waals surface area contributed by atoms with E-state index in [1.54, 1.807) is 11.8 Å². The van der Waals surface area contributed by atoms with E-state index in [9.17, 15) is 14.7 Å². The van der Waals surface area contributed by atoms with Gasteiger partial charge in [-0.3, -0.25) is 4.79 Å². The van der Waals surface area contributed by atoms with Crippen LogP contribution in [0.15, 0.2) is 108 Å². The number of hydrogen-bond donors (Lipinski definition) is 4. The Morgan fingerprint density at radius 3 is 2.30 bits per heavy atom. The van der Waals surface area contributed by atoms with Crippen LogP contribution in [-0.4, -0.2) is 28.9 Å². The molecule has 0 aromatic heterocycles. The SMILES string of the molecule is CC(=O)Nc1ccc(SC[C@H]2C[C@@H](c3ccc(CO)cc3)O[C@@H](c3cccc(NC(=O)NCc4ccccc4)c3)O2)cc1. The number of thioether (sulfide) groups is 1. The van der Waals surface area contributed by atoms with Crippen LogP contribution < -0.4 is 16.0 Å². The van der Waals surface area contributed by atoms with Gasteiger partial charge in [-0.1, -0.05) is 66.7 Å². The zero-order valence-corrected chi connectivity index (χ0v) is 24.7. The minimum Gasteiger partial charge on any atom is -0.392 e. The fraction of sp³-hybridized carbons (Fsp3) is 0.235. The van der Waals surface area contributed by atoms with Crippen LogP contribution in [0.2, 0.25) is 0 Å². The Labute approximate surface area is 255 Å². The number of anilines is 2. The number of carbonyl (C=O) groups excluding carboxylic acids is 2. The number of aliphatic hydroxyl groups is 1. The number of carbonyl (C=O) groups is 2. The molecule has 0 bridgehead atoms. The first-order chi connectivity index (χ1) is 20.9. The van der Waals surface area contributed by atoms with Crippen LogP contribution in [0.25, 0.3) is 0 Å². The first-order valence-corrected chi connectivity index (χ1v) is 15.1. The minimum absolute atomic E-state index is 0.0176. The molecule has 0 radical (unpaired) electrons. The third-order valence-corrected chi connectivity index (χ3v) is 8.08. The van der Waals surface area contributed by atoms with Crippen molar-refractivity contribution in [2.75, 3.05) is 16.4 Å². The van der Waals surface area contributed by atoms with Gasteiger partial charge in [-0.2, -0.15) is 0 Å². The molecule has 1 heterocycles. The molecular weight excluding hydrogens is 562 g/mol. The molecule has 43 heavy (non-hydrogen) atoms. The molecule has 1 aliphatic rings. The molecule has 1 saturated heterocycles. The molecule has 4 aromatic rings. The third kappa shape index (κ3) is 8.92. The maximum Gasteiger partial charge on any atom is 0.319 e. The van der Waals surface area contributed by atoms with E-state index in [4.69, 9.17) is 9.47 Å². The number of aliphatic hydroxyl groups excluding tert-OH is 1. The third-order valence-electron chi connectivity index (χ3n) is 6.94. The van der Waals surface area contributed by atoms with E-state index in [-0.39, 0.29) is 30.8 Å². The van der Waals surface area contributed by atoms with Gasteiger partial charge in [0.2, 0.25) is 5.91 Å². The first-order valence-electron chi connectivity index (χ1n) is 14.1. The number of ether oxygens (including phenoxy) is 2. The summed E-state index contributed by atoms with van der Waals surface area (Å²) < 4.78 is 12.9. The lowest BCUT2D eigenvalue weighted by molar-refractivity contribution is -0.245. The van der Waals surface area contributed by atoms with E-state index in [2.05, 4.69) is 16.0 Å². The number of hydrogen-bond acceptors (Lipinski definition) is 6. The van der Waals surface area contributed by atoms with Crippen molar-refractivity contribution in [1.82, 2.24) is 5.32 Å². The van der Waals surface area contributed by atoms with Gasteiger partial charge < -0.3 is 30.5 Å². The number of benzene rings is 4. The smallest absolute Gasteiger partial charge is 0.319 e. The zero-order valence-electron chi connectivity index (χ0n) is 23.9. The fourth-order valence-electron chi connectivity index (χ4n) is 4.77. The van der Waals surface area contributed by atoms with Crippen molar-refractivity contribution in [3.63, 3.8) is 0 Å². The summed E-state index contributed by atoms with van der Waals surface area (Å²) in [6.07, 6.45) is -0.318. The molecule has 5 rings (SSSR count). The molecule has 0 spiro atoms. The second kappa shape index (κ2) is 14.8. The molecule has 3 amide bonds. The summed E-state index contributed by atoms with van der Waals surface area (Å²) in [5, 5.41) is 18.1. The molecule has 4 aromatic carbocycles. The summed E-state index contributed by atoms with van der Waals surface area (Å²) in [5.74, 6) is 0.594. The summed E-state index contributed by atoms with van der Waals surface area (Å²) in [7, 11) is 0. The molecular formula is C34H35N3O5S. The number of amides is 3. The van der Waals surface area contributed by atoms with Crippen molar-refractivity contribution in [3.8, 4) is 0 Å². The van der Waals surface area contributed by atoms with Gasteiger partial charge >= 0.3 is 6.03 Å². The summed E-state index contributed by atoms with van der Waals surface area (Å²) in [6, 6.07) is 32.5. The molecule has 222 valence electrons. The highest BCUT2D eigenvalue weighted by molar-refractivity contribution is 7.99. The molecule has 4 N–H and O–H groups in total. The summed E-state index contributed by atoms with van der Waals surface area (Å²) >= 11 is 1.68. The van der Waals surface area contributed by atoms with Crippen molar-refractivity contribution >= 4 is 35.1 Å². The highest BCUT2D eigenvalue weighted by Gasteiger charge is 2.32. The topological polar surface area (TPSA) is 109 Å². The number of rotatable bonds is 10. The Balaban J connectivity index is 1.27. The van der Waals surface area contributed by atoms with Crippen LogP contribution in [0.1, 0.15) is 48.0 Å². The maximum atomic E-state index is 12.6. The van der Waals surface area contributed by atoms with Crippen LogP contribution in [0.4, 0.5) is 16.2 Å². The quantitative estimate of drug-likeness (QED) is 0.150. The van der Waals surface area contributed by atoms with Crippen molar-refractivity contribution in [2.24, 2.45) is 0 Å². The number of nitrogens with one attached hydrogen (secondary N) is 3. The molecule has 9 heteroatoms. The predicted molar refractivity (Wildman–Crippen MR) is 169 cm³/mol. The maximum absolute atomic E-state index is 12.6. The fourth-order valence-corrected chi connectivity index (χ4v) is 5.69. The molecule has 0 saturated carbocycles. The first kappa shape index (κ1) is 30.3. The van der Waals surface area contributed by atoms with E-state index in [1.165, 1.54) is 6.92 Å². The number of urea groups is 1. The van der Waals surface area contributed by atoms with E-state index < -0.39 is 6.29 Å². The van der Waals surface area contributed by atoms with Gasteiger partial charge in [-0.25, -0.2) is 4.79 Å². The molecule has 1 aliphatic heterocycles. The predicted octanol–water partition coefficient (Wildman–Crippen LogP) is 6.80. The van der Waals surface area contributed by atoms with Crippen LogP contribution >= 0.6 is 11.8 Å². The second-order valence-corrected chi connectivity index (χ2v) is 11.4. The van der Waals surface area contributed by atoms with Gasteiger partial charge in [0.05, 0.1) is 18.8 Å². The Morgan fingerprint density at radius 1 is 0.814 bits per heavy atom. The summed E-state index contributed by atoms with van der Waals surface area (Å²) in [4.78, 5) is 25.0. The molecule has 0 unspecified atom stereocenters.